The molecule has 0 bridgehead atoms. The molecule has 2 N–H and O–H groups in total. The number of rotatable bonds is 6. The number of hydrogen-bond donors (Lipinski definition) is 2. The van der Waals surface area contributed by atoms with Gasteiger partial charge < -0.3 is 19.9 Å². The molecule has 20 heavy (non-hydrogen) atoms. The summed E-state index contributed by atoms with van der Waals surface area (Å²) in [4.78, 5) is 0. The van der Waals surface area contributed by atoms with E-state index in [9.17, 15) is 5.11 Å². The molecule has 0 radical (unpaired) electrons. The predicted octanol–water partition coefficient (Wildman–Crippen LogP) is 1.96. The van der Waals surface area contributed by atoms with Gasteiger partial charge >= 0.3 is 0 Å². The summed E-state index contributed by atoms with van der Waals surface area (Å²) in [6, 6.07) is 0. The molecule has 2 aliphatic heterocycles. The summed E-state index contributed by atoms with van der Waals surface area (Å²) < 4.78 is 11.3. The maximum atomic E-state index is 9.33. The molecule has 0 unspecified atom stereocenters. The molecule has 2 fully saturated rings. The van der Waals surface area contributed by atoms with Crippen molar-refractivity contribution < 1.29 is 14.6 Å². The van der Waals surface area contributed by atoms with Crippen molar-refractivity contribution in [3.63, 3.8) is 0 Å². The Morgan fingerprint density at radius 2 is 2.00 bits per heavy atom. The number of aliphatic hydroxyl groups is 1. The minimum atomic E-state index is 0.0959. The normalized spacial score (nSPS) is 30.6. The molecule has 2 aliphatic rings. The second-order valence-corrected chi connectivity index (χ2v) is 6.79. The predicted molar refractivity (Wildman–Crippen MR) is 79.8 cm³/mol. The smallest absolute Gasteiger partial charge is 0.0601 e. The first kappa shape index (κ1) is 16.2. The van der Waals surface area contributed by atoms with Gasteiger partial charge in [0, 0.05) is 32.0 Å². The molecule has 2 heterocycles. The van der Waals surface area contributed by atoms with E-state index in [2.05, 4.69) is 19.2 Å². The molecule has 0 amide bonds. The largest absolute Gasteiger partial charge is 0.396 e. The van der Waals surface area contributed by atoms with Crippen LogP contribution < -0.4 is 5.32 Å². The summed E-state index contributed by atoms with van der Waals surface area (Å²) >= 11 is 0. The van der Waals surface area contributed by atoms with Crippen LogP contribution in [0.4, 0.5) is 0 Å². The lowest BCUT2D eigenvalue weighted by Gasteiger charge is -2.40. The van der Waals surface area contributed by atoms with Crippen LogP contribution in [0.1, 0.15) is 46.0 Å². The minimum absolute atomic E-state index is 0.0959. The molecule has 0 aromatic rings. The van der Waals surface area contributed by atoms with Crippen molar-refractivity contribution in [1.82, 2.24) is 5.32 Å². The van der Waals surface area contributed by atoms with E-state index in [1.165, 1.54) is 0 Å². The van der Waals surface area contributed by atoms with Gasteiger partial charge in [0.15, 0.2) is 0 Å². The Morgan fingerprint density at radius 3 is 2.65 bits per heavy atom. The zero-order valence-corrected chi connectivity index (χ0v) is 13.1. The fourth-order valence-corrected chi connectivity index (χ4v) is 3.40. The van der Waals surface area contributed by atoms with Crippen molar-refractivity contribution in [2.75, 3.05) is 33.0 Å². The average molecular weight is 285 g/mol. The highest BCUT2D eigenvalue weighted by Crippen LogP contribution is 2.28. The van der Waals surface area contributed by atoms with Crippen molar-refractivity contribution in [2.45, 2.75) is 57.6 Å². The van der Waals surface area contributed by atoms with Crippen LogP contribution in [0.5, 0.6) is 0 Å². The highest BCUT2D eigenvalue weighted by Gasteiger charge is 2.33. The SMILES string of the molecule is CC(C)[C@@H]1C[C@H](CNC2(CCO)CCOCC2)CCO1. The Hall–Kier alpha value is -0.160. The molecule has 2 atom stereocenters. The van der Waals surface area contributed by atoms with Crippen LogP contribution in [0.15, 0.2) is 0 Å². The number of hydrogen-bond acceptors (Lipinski definition) is 4. The van der Waals surface area contributed by atoms with Crippen LogP contribution in [-0.2, 0) is 9.47 Å². The van der Waals surface area contributed by atoms with Gasteiger partial charge in [-0.25, -0.2) is 0 Å². The third kappa shape index (κ3) is 4.42. The molecule has 0 spiro atoms. The second-order valence-electron chi connectivity index (χ2n) is 6.79. The zero-order chi connectivity index (χ0) is 14.4. The van der Waals surface area contributed by atoms with Crippen molar-refractivity contribution in [1.29, 1.82) is 0 Å². The third-order valence-corrected chi connectivity index (χ3v) is 4.97. The quantitative estimate of drug-likeness (QED) is 0.783. The summed E-state index contributed by atoms with van der Waals surface area (Å²) in [6.07, 6.45) is 5.61. The highest BCUT2D eigenvalue weighted by molar-refractivity contribution is 4.91. The Bertz CT molecular complexity index is 271. The first-order chi connectivity index (χ1) is 9.65. The van der Waals surface area contributed by atoms with Crippen LogP contribution in [0.3, 0.4) is 0 Å². The number of nitrogens with one attached hydrogen (secondary N) is 1. The monoisotopic (exact) mass is 285 g/mol. The van der Waals surface area contributed by atoms with E-state index >= 15 is 0 Å². The first-order valence-corrected chi connectivity index (χ1v) is 8.20. The van der Waals surface area contributed by atoms with E-state index in [4.69, 9.17) is 9.47 Å². The van der Waals surface area contributed by atoms with Crippen LogP contribution in [0.2, 0.25) is 0 Å². The minimum Gasteiger partial charge on any atom is -0.396 e. The van der Waals surface area contributed by atoms with E-state index in [0.717, 1.165) is 58.5 Å². The molecule has 4 nitrogen and oxygen atoms in total. The molecule has 0 aliphatic carbocycles. The van der Waals surface area contributed by atoms with Crippen molar-refractivity contribution >= 4 is 0 Å². The summed E-state index contributed by atoms with van der Waals surface area (Å²) in [7, 11) is 0. The number of ether oxygens (including phenoxy) is 2. The molecular weight excluding hydrogens is 254 g/mol. The highest BCUT2D eigenvalue weighted by atomic mass is 16.5. The summed E-state index contributed by atoms with van der Waals surface area (Å²) in [5, 5.41) is 13.1. The lowest BCUT2D eigenvalue weighted by molar-refractivity contribution is -0.0375. The fraction of sp³-hybridized carbons (Fsp3) is 1.00. The molecule has 4 heteroatoms. The Morgan fingerprint density at radius 1 is 1.25 bits per heavy atom. The summed E-state index contributed by atoms with van der Waals surface area (Å²) in [5.74, 6) is 1.31. The molecule has 0 saturated carbocycles. The standard InChI is InChI=1S/C16H31NO3/c1-13(2)15-11-14(3-8-20-15)12-17-16(4-7-18)5-9-19-10-6-16/h13-15,17-18H,3-12H2,1-2H3/t14-,15+/m1/s1. The van der Waals surface area contributed by atoms with Gasteiger partial charge in [-0.1, -0.05) is 13.8 Å². The lowest BCUT2D eigenvalue weighted by Crippen LogP contribution is -2.52. The molecule has 118 valence electrons. The van der Waals surface area contributed by atoms with E-state index < -0.39 is 0 Å². The van der Waals surface area contributed by atoms with Crippen molar-refractivity contribution in [2.24, 2.45) is 11.8 Å². The van der Waals surface area contributed by atoms with Gasteiger partial charge in [-0.2, -0.15) is 0 Å². The molecule has 0 aromatic heterocycles. The van der Waals surface area contributed by atoms with E-state index in [0.29, 0.717) is 17.9 Å². The van der Waals surface area contributed by atoms with E-state index in [1.54, 1.807) is 0 Å². The van der Waals surface area contributed by atoms with Gasteiger partial charge in [-0.3, -0.25) is 0 Å². The van der Waals surface area contributed by atoms with Crippen molar-refractivity contribution in [3.8, 4) is 0 Å². The first-order valence-electron chi connectivity index (χ1n) is 8.20. The summed E-state index contributed by atoms with van der Waals surface area (Å²) in [5.41, 5.74) is 0.0959. The van der Waals surface area contributed by atoms with Crippen LogP contribution in [0, 0.1) is 11.8 Å². The Labute approximate surface area is 123 Å². The molecule has 2 saturated heterocycles. The van der Waals surface area contributed by atoms with E-state index in [-0.39, 0.29) is 12.1 Å². The topological polar surface area (TPSA) is 50.7 Å². The van der Waals surface area contributed by atoms with E-state index in [1.807, 2.05) is 0 Å². The summed E-state index contributed by atoms with van der Waals surface area (Å²) in [6.45, 7) is 8.32. The van der Waals surface area contributed by atoms with Gasteiger partial charge in [-0.15, -0.1) is 0 Å². The Balaban J connectivity index is 1.82. The maximum absolute atomic E-state index is 9.33. The third-order valence-electron chi connectivity index (χ3n) is 4.97. The van der Waals surface area contributed by atoms with Gasteiger partial charge in [-0.05, 0) is 50.5 Å². The fourth-order valence-electron chi connectivity index (χ4n) is 3.40. The maximum Gasteiger partial charge on any atom is 0.0601 e. The average Bonchev–Trinajstić information content (AvgIpc) is 2.47. The van der Waals surface area contributed by atoms with Crippen LogP contribution >= 0.6 is 0 Å². The van der Waals surface area contributed by atoms with Gasteiger partial charge in [0.2, 0.25) is 0 Å². The van der Waals surface area contributed by atoms with Gasteiger partial charge in [0.1, 0.15) is 0 Å². The Kier molecular flexibility index (Phi) is 6.27. The van der Waals surface area contributed by atoms with Gasteiger partial charge in [0.25, 0.3) is 0 Å². The second kappa shape index (κ2) is 7.74. The zero-order valence-electron chi connectivity index (χ0n) is 13.1. The van der Waals surface area contributed by atoms with Crippen molar-refractivity contribution in [3.05, 3.63) is 0 Å². The van der Waals surface area contributed by atoms with Crippen LogP contribution in [-0.4, -0.2) is 49.7 Å². The van der Waals surface area contributed by atoms with Gasteiger partial charge in [0.05, 0.1) is 6.10 Å². The lowest BCUT2D eigenvalue weighted by atomic mass is 9.84. The number of aliphatic hydroxyl groups excluding tert-OH is 1. The molecule has 0 aromatic carbocycles. The molecular formula is C16H31NO3. The molecule has 2 rings (SSSR count). The van der Waals surface area contributed by atoms with Crippen LogP contribution in [0.25, 0.3) is 0 Å².